The fourth-order valence-corrected chi connectivity index (χ4v) is 3.76. The number of cyclic esters (lactones) is 4. The van der Waals surface area contributed by atoms with Crippen LogP contribution in [0.25, 0.3) is 0 Å². The zero-order chi connectivity index (χ0) is 15.1. The molecule has 0 N–H and O–H groups in total. The first-order valence-corrected chi connectivity index (χ1v) is 7.46. The minimum atomic E-state index is -4.24. The highest BCUT2D eigenvalue weighted by Gasteiger charge is 2.58. The number of carbonyl (C=O) groups is 2. The Hall–Kier alpha value is -1.59. The first-order valence-electron chi connectivity index (χ1n) is 6.13. The van der Waals surface area contributed by atoms with Crippen molar-refractivity contribution < 1.29 is 45.3 Å². The summed E-state index contributed by atoms with van der Waals surface area (Å²) in [6, 6.07) is 0. The van der Waals surface area contributed by atoms with Crippen molar-refractivity contribution in [2.24, 2.45) is 5.92 Å². The summed E-state index contributed by atoms with van der Waals surface area (Å²) in [5, 5.41) is 0. The third-order valence-electron chi connectivity index (χ3n) is 3.45. The molecular weight excluding hydrogens is 312 g/mol. The molecule has 10 nitrogen and oxygen atoms in total. The maximum Gasteiger partial charge on any atom is 0.508 e. The lowest BCUT2D eigenvalue weighted by Gasteiger charge is -2.33. The minimum Gasteiger partial charge on any atom is -0.434 e. The number of rotatable bonds is 1. The molecule has 0 aromatic rings. The van der Waals surface area contributed by atoms with Crippen LogP contribution in [-0.4, -0.2) is 58.9 Å². The van der Waals surface area contributed by atoms with Gasteiger partial charge in [0.05, 0.1) is 12.5 Å². The number of hydrogen-bond acceptors (Lipinski definition) is 10. The molecule has 3 fully saturated rings. The molecule has 0 aromatic heterocycles. The van der Waals surface area contributed by atoms with E-state index in [1.54, 1.807) is 0 Å². The van der Waals surface area contributed by atoms with E-state index in [0.717, 1.165) is 0 Å². The molecule has 3 heterocycles. The van der Waals surface area contributed by atoms with E-state index < -0.39 is 40.3 Å². The largest absolute Gasteiger partial charge is 0.508 e. The quantitative estimate of drug-likeness (QED) is 0.595. The lowest BCUT2D eigenvalue weighted by Crippen LogP contribution is -2.51. The van der Waals surface area contributed by atoms with E-state index in [1.807, 2.05) is 0 Å². The van der Waals surface area contributed by atoms with Gasteiger partial charge in [-0.25, -0.2) is 18.0 Å². The van der Waals surface area contributed by atoms with Crippen molar-refractivity contribution in [1.29, 1.82) is 0 Å². The molecule has 0 radical (unpaired) electrons. The number of carbonyl (C=O) groups excluding carboxylic acids is 2. The SMILES string of the molecule is O=C1OCC(C2OS(=O)(=O)OC23CCOC(=O)OC3)CO1. The Morgan fingerprint density at radius 2 is 1.67 bits per heavy atom. The molecule has 118 valence electrons. The van der Waals surface area contributed by atoms with Gasteiger partial charge in [-0.2, -0.15) is 8.42 Å². The van der Waals surface area contributed by atoms with Crippen molar-refractivity contribution in [2.45, 2.75) is 18.1 Å². The lowest BCUT2D eigenvalue weighted by molar-refractivity contribution is -0.0898. The molecule has 3 aliphatic rings. The second-order valence-electron chi connectivity index (χ2n) is 4.84. The summed E-state index contributed by atoms with van der Waals surface area (Å²) in [7, 11) is -4.24. The van der Waals surface area contributed by atoms with Gasteiger partial charge in [0.2, 0.25) is 0 Å². The van der Waals surface area contributed by atoms with Crippen LogP contribution >= 0.6 is 0 Å². The van der Waals surface area contributed by atoms with Gasteiger partial charge in [-0.1, -0.05) is 0 Å². The smallest absolute Gasteiger partial charge is 0.434 e. The average molecular weight is 324 g/mol. The van der Waals surface area contributed by atoms with Gasteiger partial charge in [0, 0.05) is 6.42 Å². The third-order valence-corrected chi connectivity index (χ3v) is 4.43. The van der Waals surface area contributed by atoms with Crippen LogP contribution < -0.4 is 0 Å². The zero-order valence-corrected chi connectivity index (χ0v) is 11.5. The van der Waals surface area contributed by atoms with Crippen molar-refractivity contribution in [3.8, 4) is 0 Å². The van der Waals surface area contributed by atoms with Crippen LogP contribution in [0.15, 0.2) is 0 Å². The topological polar surface area (TPSA) is 124 Å². The van der Waals surface area contributed by atoms with E-state index in [2.05, 4.69) is 0 Å². The molecule has 0 saturated carbocycles. The molecule has 1 spiro atoms. The Labute approximate surface area is 119 Å². The molecule has 3 rings (SSSR count). The molecule has 0 amide bonds. The van der Waals surface area contributed by atoms with E-state index in [4.69, 9.17) is 27.3 Å². The van der Waals surface area contributed by atoms with Crippen LogP contribution in [0.3, 0.4) is 0 Å². The number of hydrogen-bond donors (Lipinski definition) is 0. The highest BCUT2D eigenvalue weighted by molar-refractivity contribution is 7.82. The highest BCUT2D eigenvalue weighted by atomic mass is 32.3. The summed E-state index contributed by atoms with van der Waals surface area (Å²) in [6.45, 7) is -0.598. The molecule has 11 heteroatoms. The van der Waals surface area contributed by atoms with Crippen LogP contribution in [0.2, 0.25) is 0 Å². The minimum absolute atomic E-state index is 0.0626. The van der Waals surface area contributed by atoms with Crippen LogP contribution in [-0.2, 0) is 37.7 Å². The zero-order valence-electron chi connectivity index (χ0n) is 10.7. The molecule has 0 aromatic carbocycles. The summed E-state index contributed by atoms with van der Waals surface area (Å²) >= 11 is 0. The maximum absolute atomic E-state index is 11.6. The fourth-order valence-electron chi connectivity index (χ4n) is 2.50. The van der Waals surface area contributed by atoms with E-state index in [1.165, 1.54) is 0 Å². The second kappa shape index (κ2) is 5.00. The van der Waals surface area contributed by atoms with Crippen molar-refractivity contribution in [3.05, 3.63) is 0 Å². The molecule has 3 saturated heterocycles. The predicted octanol–water partition coefficient (Wildman–Crippen LogP) is -0.275. The highest BCUT2D eigenvalue weighted by Crippen LogP contribution is 2.40. The van der Waals surface area contributed by atoms with Gasteiger partial charge in [0.25, 0.3) is 0 Å². The van der Waals surface area contributed by atoms with E-state index in [9.17, 15) is 18.0 Å². The Balaban J connectivity index is 1.85. The monoisotopic (exact) mass is 324 g/mol. The van der Waals surface area contributed by atoms with Gasteiger partial charge < -0.3 is 18.9 Å². The molecule has 2 unspecified atom stereocenters. The third kappa shape index (κ3) is 2.76. The van der Waals surface area contributed by atoms with Gasteiger partial charge >= 0.3 is 22.7 Å². The summed E-state index contributed by atoms with van der Waals surface area (Å²) in [5.74, 6) is -0.572. The Kier molecular flexibility index (Phi) is 3.42. The lowest BCUT2D eigenvalue weighted by atomic mass is 9.85. The van der Waals surface area contributed by atoms with Crippen LogP contribution in [0, 0.1) is 5.92 Å². The van der Waals surface area contributed by atoms with Gasteiger partial charge in [-0.15, -0.1) is 0 Å². The standard InChI is InChI=1S/C10H12O10S/c11-8-15-2-1-10(5-18-8)7(19-21(13,14)20-10)6-3-16-9(12)17-4-6/h6-7H,1-5H2. The van der Waals surface area contributed by atoms with Gasteiger partial charge in [-0.3, -0.25) is 0 Å². The molecule has 0 bridgehead atoms. The fraction of sp³-hybridized carbons (Fsp3) is 0.800. The normalized spacial score (nSPS) is 36.3. The van der Waals surface area contributed by atoms with Crippen molar-refractivity contribution in [1.82, 2.24) is 0 Å². The molecule has 21 heavy (non-hydrogen) atoms. The summed E-state index contributed by atoms with van der Waals surface area (Å²) in [5.41, 5.74) is -1.41. The van der Waals surface area contributed by atoms with Crippen molar-refractivity contribution in [2.75, 3.05) is 26.4 Å². The molecule has 0 aliphatic carbocycles. The van der Waals surface area contributed by atoms with Crippen LogP contribution in [0.5, 0.6) is 0 Å². The van der Waals surface area contributed by atoms with Crippen LogP contribution in [0.1, 0.15) is 6.42 Å². The molecule has 3 aliphatic heterocycles. The van der Waals surface area contributed by atoms with E-state index in [0.29, 0.717) is 0 Å². The molecule has 2 atom stereocenters. The number of ether oxygens (including phenoxy) is 4. The van der Waals surface area contributed by atoms with E-state index >= 15 is 0 Å². The van der Waals surface area contributed by atoms with Gasteiger partial charge in [0.1, 0.15) is 25.9 Å². The second-order valence-corrected chi connectivity index (χ2v) is 6.02. The Morgan fingerprint density at radius 3 is 2.38 bits per heavy atom. The Bertz CT molecular complexity index is 546. The summed E-state index contributed by atoms with van der Waals surface area (Å²) < 4.78 is 52.2. The average Bonchev–Trinajstić information content (AvgIpc) is 2.55. The predicted molar refractivity (Wildman–Crippen MR) is 60.3 cm³/mol. The van der Waals surface area contributed by atoms with Crippen molar-refractivity contribution >= 4 is 22.7 Å². The first-order chi connectivity index (χ1) is 9.90. The molecular formula is C10H12O10S. The summed E-state index contributed by atoms with van der Waals surface area (Å²) in [4.78, 5) is 22.0. The van der Waals surface area contributed by atoms with Crippen LogP contribution in [0.4, 0.5) is 9.59 Å². The van der Waals surface area contributed by atoms with Gasteiger partial charge in [0.15, 0.2) is 5.60 Å². The summed E-state index contributed by atoms with van der Waals surface area (Å²) in [6.07, 6.45) is -2.69. The maximum atomic E-state index is 11.6. The van der Waals surface area contributed by atoms with Crippen molar-refractivity contribution in [3.63, 3.8) is 0 Å². The first kappa shape index (κ1) is 14.4. The van der Waals surface area contributed by atoms with Gasteiger partial charge in [-0.05, 0) is 0 Å². The van der Waals surface area contributed by atoms with E-state index in [-0.39, 0.29) is 32.8 Å². The Morgan fingerprint density at radius 1 is 1.00 bits per heavy atom.